The Morgan fingerprint density at radius 1 is 0.931 bits per heavy atom. The number of carbonyl (C=O) groups excluding carboxylic acids is 1. The second-order valence-electron chi connectivity index (χ2n) is 7.35. The van der Waals surface area contributed by atoms with E-state index in [1.54, 1.807) is 24.2 Å². The van der Waals surface area contributed by atoms with Crippen LogP contribution in [-0.2, 0) is 0 Å². The third-order valence-electron chi connectivity index (χ3n) is 5.30. The first kappa shape index (κ1) is 19.0. The predicted molar refractivity (Wildman–Crippen MR) is 119 cm³/mol. The van der Waals surface area contributed by atoms with Gasteiger partial charge in [-0.2, -0.15) is 0 Å². The predicted octanol–water partition coefficient (Wildman–Crippen LogP) is 5.09. The highest BCUT2D eigenvalue weighted by Gasteiger charge is 2.15. The second-order valence-corrected chi connectivity index (χ2v) is 7.35. The molecular weight excluding hydrogens is 360 g/mol. The third kappa shape index (κ3) is 4.57. The summed E-state index contributed by atoms with van der Waals surface area (Å²) >= 11 is 0. The number of hydrogen-bond acceptors (Lipinski definition) is 4. The van der Waals surface area contributed by atoms with Crippen molar-refractivity contribution in [2.24, 2.45) is 0 Å². The summed E-state index contributed by atoms with van der Waals surface area (Å²) in [6.45, 7) is 2.27. The van der Waals surface area contributed by atoms with E-state index in [1.165, 1.54) is 24.9 Å². The summed E-state index contributed by atoms with van der Waals surface area (Å²) in [4.78, 5) is 21.1. The minimum Gasteiger partial charge on any atom is -0.372 e. The summed E-state index contributed by atoms with van der Waals surface area (Å²) in [6, 6.07) is 21.7. The molecule has 5 heteroatoms. The first-order valence-corrected chi connectivity index (χ1v) is 10.1. The van der Waals surface area contributed by atoms with E-state index in [-0.39, 0.29) is 5.91 Å². The Balaban J connectivity index is 1.45. The third-order valence-corrected chi connectivity index (χ3v) is 5.30. The van der Waals surface area contributed by atoms with Crippen molar-refractivity contribution in [1.82, 2.24) is 4.98 Å². The standard InChI is InChI=1S/C24H26N4O/c1-27(21-8-4-2-5-9-21)24(29)23-18-20(14-15-25-23)26-19-10-12-22(13-11-19)28-16-6-3-7-17-28/h2,4-5,8-15,18H,3,6-7,16-17H2,1H3,(H,25,26). The normalized spacial score (nSPS) is 13.8. The Labute approximate surface area is 172 Å². The number of rotatable bonds is 5. The van der Waals surface area contributed by atoms with E-state index in [4.69, 9.17) is 0 Å². The zero-order valence-corrected chi connectivity index (χ0v) is 16.7. The molecule has 4 rings (SSSR count). The Morgan fingerprint density at radius 3 is 2.38 bits per heavy atom. The van der Waals surface area contributed by atoms with Gasteiger partial charge < -0.3 is 15.1 Å². The molecule has 148 valence electrons. The quantitative estimate of drug-likeness (QED) is 0.663. The van der Waals surface area contributed by atoms with Crippen molar-refractivity contribution in [2.45, 2.75) is 19.3 Å². The molecule has 2 heterocycles. The van der Waals surface area contributed by atoms with Crippen LogP contribution in [0.5, 0.6) is 0 Å². The van der Waals surface area contributed by atoms with Gasteiger partial charge in [-0.1, -0.05) is 18.2 Å². The van der Waals surface area contributed by atoms with Crippen molar-refractivity contribution in [1.29, 1.82) is 0 Å². The van der Waals surface area contributed by atoms with E-state index in [1.807, 2.05) is 36.4 Å². The monoisotopic (exact) mass is 386 g/mol. The number of pyridine rings is 1. The number of para-hydroxylation sites is 1. The molecule has 0 saturated carbocycles. The first-order chi connectivity index (χ1) is 14.2. The maximum absolute atomic E-state index is 12.8. The maximum atomic E-state index is 12.8. The average molecular weight is 386 g/mol. The molecule has 0 atom stereocenters. The first-order valence-electron chi connectivity index (χ1n) is 10.1. The summed E-state index contributed by atoms with van der Waals surface area (Å²) in [5.74, 6) is -0.139. The number of nitrogens with zero attached hydrogens (tertiary/aromatic N) is 3. The Hall–Kier alpha value is -3.34. The lowest BCUT2D eigenvalue weighted by Gasteiger charge is -2.28. The van der Waals surface area contributed by atoms with Gasteiger partial charge in [0.15, 0.2) is 0 Å². The van der Waals surface area contributed by atoms with E-state index in [0.717, 1.165) is 30.2 Å². The topological polar surface area (TPSA) is 48.5 Å². The van der Waals surface area contributed by atoms with Crippen LogP contribution in [0.15, 0.2) is 72.9 Å². The Bertz CT molecular complexity index is 950. The molecule has 1 saturated heterocycles. The van der Waals surface area contributed by atoms with Crippen molar-refractivity contribution >= 4 is 28.7 Å². The molecule has 29 heavy (non-hydrogen) atoms. The average Bonchev–Trinajstić information content (AvgIpc) is 2.80. The number of hydrogen-bond donors (Lipinski definition) is 1. The molecule has 1 aliphatic rings. The smallest absolute Gasteiger partial charge is 0.276 e. The summed E-state index contributed by atoms with van der Waals surface area (Å²) < 4.78 is 0. The zero-order chi connectivity index (χ0) is 20.1. The maximum Gasteiger partial charge on any atom is 0.276 e. The molecule has 1 aromatic heterocycles. The summed E-state index contributed by atoms with van der Waals surface area (Å²) in [5, 5.41) is 3.38. The highest BCUT2D eigenvalue weighted by molar-refractivity contribution is 6.04. The van der Waals surface area contributed by atoms with Gasteiger partial charge in [-0.05, 0) is 67.8 Å². The molecule has 0 radical (unpaired) electrons. The molecule has 0 unspecified atom stereocenters. The number of benzene rings is 2. The van der Waals surface area contributed by atoms with Crippen molar-refractivity contribution in [3.05, 3.63) is 78.6 Å². The van der Waals surface area contributed by atoms with Gasteiger partial charge in [-0.25, -0.2) is 0 Å². The SMILES string of the molecule is CN(C(=O)c1cc(Nc2ccc(N3CCCCC3)cc2)ccn1)c1ccccc1. The number of carbonyl (C=O) groups is 1. The lowest BCUT2D eigenvalue weighted by Crippen LogP contribution is -2.29. The largest absolute Gasteiger partial charge is 0.372 e. The van der Waals surface area contributed by atoms with Gasteiger partial charge >= 0.3 is 0 Å². The van der Waals surface area contributed by atoms with Crippen LogP contribution in [0.1, 0.15) is 29.8 Å². The molecule has 0 bridgehead atoms. The van der Waals surface area contributed by atoms with Crippen LogP contribution in [0.2, 0.25) is 0 Å². The van der Waals surface area contributed by atoms with Crippen molar-refractivity contribution in [3.63, 3.8) is 0 Å². The van der Waals surface area contributed by atoms with Gasteiger partial charge in [0.1, 0.15) is 5.69 Å². The molecule has 1 aliphatic heterocycles. The van der Waals surface area contributed by atoms with Crippen molar-refractivity contribution in [2.75, 3.05) is 35.3 Å². The van der Waals surface area contributed by atoms with Crippen LogP contribution >= 0.6 is 0 Å². The van der Waals surface area contributed by atoms with Crippen LogP contribution in [0.25, 0.3) is 0 Å². The van der Waals surface area contributed by atoms with Crippen LogP contribution in [0.4, 0.5) is 22.7 Å². The number of nitrogens with one attached hydrogen (secondary N) is 1. The fourth-order valence-electron chi connectivity index (χ4n) is 3.64. The molecule has 3 aromatic rings. The van der Waals surface area contributed by atoms with Gasteiger partial charge in [-0.3, -0.25) is 9.78 Å². The van der Waals surface area contributed by atoms with E-state index in [0.29, 0.717) is 5.69 Å². The van der Waals surface area contributed by atoms with E-state index in [9.17, 15) is 4.79 Å². The van der Waals surface area contributed by atoms with Crippen LogP contribution in [0.3, 0.4) is 0 Å². The van der Waals surface area contributed by atoms with Gasteiger partial charge in [0, 0.05) is 49.1 Å². The van der Waals surface area contributed by atoms with Gasteiger partial charge in [0.25, 0.3) is 5.91 Å². The Kier molecular flexibility index (Phi) is 5.75. The molecule has 0 spiro atoms. The van der Waals surface area contributed by atoms with Gasteiger partial charge in [-0.15, -0.1) is 0 Å². The minimum atomic E-state index is -0.139. The lowest BCUT2D eigenvalue weighted by atomic mass is 10.1. The number of anilines is 4. The summed E-state index contributed by atoms with van der Waals surface area (Å²) in [5.41, 5.74) is 4.35. The van der Waals surface area contributed by atoms with Crippen LogP contribution in [0, 0.1) is 0 Å². The van der Waals surface area contributed by atoms with E-state index in [2.05, 4.69) is 39.5 Å². The molecule has 1 amide bonds. The molecule has 2 aromatic carbocycles. The second kappa shape index (κ2) is 8.78. The fraction of sp³-hybridized carbons (Fsp3) is 0.250. The van der Waals surface area contributed by atoms with Crippen LogP contribution in [-0.4, -0.2) is 31.0 Å². The minimum absolute atomic E-state index is 0.139. The molecule has 1 fully saturated rings. The lowest BCUT2D eigenvalue weighted by molar-refractivity contribution is 0.0988. The highest BCUT2D eigenvalue weighted by atomic mass is 16.2. The molecule has 0 aliphatic carbocycles. The molecule has 1 N–H and O–H groups in total. The van der Waals surface area contributed by atoms with Gasteiger partial charge in [0.2, 0.25) is 0 Å². The molecule has 5 nitrogen and oxygen atoms in total. The van der Waals surface area contributed by atoms with Gasteiger partial charge in [0.05, 0.1) is 0 Å². The number of aromatic nitrogens is 1. The fourth-order valence-corrected chi connectivity index (χ4v) is 3.64. The Morgan fingerprint density at radius 2 is 1.66 bits per heavy atom. The zero-order valence-electron chi connectivity index (χ0n) is 16.7. The summed E-state index contributed by atoms with van der Waals surface area (Å²) in [6.07, 6.45) is 5.53. The number of piperidine rings is 1. The summed E-state index contributed by atoms with van der Waals surface area (Å²) in [7, 11) is 1.76. The van der Waals surface area contributed by atoms with Crippen LogP contribution < -0.4 is 15.1 Å². The van der Waals surface area contributed by atoms with Crippen molar-refractivity contribution in [3.8, 4) is 0 Å². The van der Waals surface area contributed by atoms with E-state index >= 15 is 0 Å². The van der Waals surface area contributed by atoms with Crippen molar-refractivity contribution < 1.29 is 4.79 Å². The number of amides is 1. The highest BCUT2D eigenvalue weighted by Crippen LogP contribution is 2.24. The molecular formula is C24H26N4O. The van der Waals surface area contributed by atoms with E-state index < -0.39 is 0 Å².